The molecule has 0 radical (unpaired) electrons. The van der Waals surface area contributed by atoms with E-state index in [-0.39, 0.29) is 11.8 Å². The summed E-state index contributed by atoms with van der Waals surface area (Å²) in [5, 5.41) is 4.24. The fourth-order valence-corrected chi connectivity index (χ4v) is 4.20. The van der Waals surface area contributed by atoms with Gasteiger partial charge in [-0.3, -0.25) is 9.59 Å². The van der Waals surface area contributed by atoms with Crippen LogP contribution in [0.1, 0.15) is 20.7 Å². The van der Waals surface area contributed by atoms with Gasteiger partial charge in [0.2, 0.25) is 0 Å². The largest absolute Gasteiger partial charge is 0.268 e. The van der Waals surface area contributed by atoms with Gasteiger partial charge in [0.15, 0.2) is 0 Å². The number of carbonyl (C=O) groups excluding carboxylic acids is 2. The molecule has 0 aliphatic carbocycles. The first kappa shape index (κ1) is 15.3. The molecule has 0 fully saturated rings. The molecule has 0 saturated carbocycles. The third-order valence-corrected chi connectivity index (χ3v) is 5.50. The number of imide groups is 1. The van der Waals surface area contributed by atoms with Crippen LogP contribution in [-0.2, 0) is 0 Å². The SMILES string of the molecule is O=C1c2ccccc2C(=O)N1c1ccc2cc(Br)c3ccccc3c2c1. The molecule has 1 aliphatic heterocycles. The Hall–Kier alpha value is -2.98. The summed E-state index contributed by atoms with van der Waals surface area (Å²) in [7, 11) is 0. The van der Waals surface area contributed by atoms with Crippen molar-refractivity contribution in [1.29, 1.82) is 0 Å². The van der Waals surface area contributed by atoms with Gasteiger partial charge in [-0.2, -0.15) is 0 Å². The van der Waals surface area contributed by atoms with Crippen molar-refractivity contribution in [1.82, 2.24) is 0 Å². The van der Waals surface area contributed by atoms with Crippen LogP contribution in [0.2, 0.25) is 0 Å². The van der Waals surface area contributed by atoms with E-state index < -0.39 is 0 Å². The van der Waals surface area contributed by atoms with Crippen LogP contribution in [0.3, 0.4) is 0 Å². The summed E-state index contributed by atoms with van der Waals surface area (Å²) in [6, 6.07) is 22.8. The molecule has 1 aliphatic rings. The molecule has 5 rings (SSSR count). The lowest BCUT2D eigenvalue weighted by molar-refractivity contribution is 0.0926. The van der Waals surface area contributed by atoms with Crippen molar-refractivity contribution in [3.63, 3.8) is 0 Å². The fraction of sp³-hybridized carbons (Fsp3) is 0. The molecule has 2 amide bonds. The molecule has 0 bridgehead atoms. The van der Waals surface area contributed by atoms with Crippen LogP contribution in [0.5, 0.6) is 0 Å². The summed E-state index contributed by atoms with van der Waals surface area (Å²) in [6.07, 6.45) is 0. The summed E-state index contributed by atoms with van der Waals surface area (Å²) in [5.41, 5.74) is 1.51. The first-order valence-corrected chi connectivity index (χ1v) is 9.03. The number of halogens is 1. The van der Waals surface area contributed by atoms with Gasteiger partial charge in [-0.05, 0) is 51.9 Å². The molecule has 0 atom stereocenters. The standard InChI is InChI=1S/C22H12BrNO2/c23-20-11-13-9-10-14(12-19(13)15-5-1-2-6-16(15)20)24-21(25)17-7-3-4-8-18(17)22(24)26/h1-12H. The van der Waals surface area contributed by atoms with Gasteiger partial charge < -0.3 is 0 Å². The maximum absolute atomic E-state index is 12.8. The predicted octanol–water partition coefficient (Wildman–Crippen LogP) is 5.56. The number of nitrogens with zero attached hydrogens (tertiary/aromatic N) is 1. The molecule has 124 valence electrons. The number of amides is 2. The number of fused-ring (bicyclic) bond motifs is 4. The van der Waals surface area contributed by atoms with Crippen molar-refractivity contribution in [3.8, 4) is 0 Å². The Balaban J connectivity index is 1.74. The average molecular weight is 402 g/mol. The molecular weight excluding hydrogens is 390 g/mol. The molecule has 26 heavy (non-hydrogen) atoms. The van der Waals surface area contributed by atoms with Crippen molar-refractivity contribution < 1.29 is 9.59 Å². The molecule has 4 heteroatoms. The second-order valence-electron chi connectivity index (χ2n) is 6.30. The van der Waals surface area contributed by atoms with Gasteiger partial charge in [0.1, 0.15) is 0 Å². The maximum atomic E-state index is 12.8. The lowest BCUT2D eigenvalue weighted by atomic mass is 10.0. The van der Waals surface area contributed by atoms with E-state index in [1.807, 2.05) is 36.4 Å². The first-order chi connectivity index (χ1) is 12.6. The third kappa shape index (κ3) is 2.06. The number of hydrogen-bond acceptors (Lipinski definition) is 2. The van der Waals surface area contributed by atoms with Crippen molar-refractivity contribution in [2.75, 3.05) is 4.90 Å². The van der Waals surface area contributed by atoms with Crippen LogP contribution >= 0.6 is 15.9 Å². The number of hydrogen-bond donors (Lipinski definition) is 0. The Labute approximate surface area is 158 Å². The number of rotatable bonds is 1. The third-order valence-electron chi connectivity index (χ3n) is 4.85. The molecule has 4 aromatic rings. The molecule has 1 heterocycles. The Morgan fingerprint density at radius 2 is 1.27 bits per heavy atom. The Morgan fingerprint density at radius 3 is 1.96 bits per heavy atom. The predicted molar refractivity (Wildman–Crippen MR) is 107 cm³/mol. The first-order valence-electron chi connectivity index (χ1n) is 8.24. The maximum Gasteiger partial charge on any atom is 0.266 e. The average Bonchev–Trinajstić information content (AvgIpc) is 2.93. The molecule has 0 unspecified atom stereocenters. The van der Waals surface area contributed by atoms with Crippen LogP contribution in [-0.4, -0.2) is 11.8 Å². The van der Waals surface area contributed by atoms with Crippen molar-refractivity contribution in [2.24, 2.45) is 0 Å². The van der Waals surface area contributed by atoms with Gasteiger partial charge in [-0.1, -0.05) is 58.4 Å². The van der Waals surface area contributed by atoms with Crippen LogP contribution in [0, 0.1) is 0 Å². The molecular formula is C22H12BrNO2. The number of benzene rings is 4. The highest BCUT2D eigenvalue weighted by molar-refractivity contribution is 9.10. The Morgan fingerprint density at radius 1 is 0.654 bits per heavy atom. The summed E-state index contributed by atoms with van der Waals surface area (Å²) < 4.78 is 1.02. The van der Waals surface area contributed by atoms with E-state index in [2.05, 4.69) is 28.1 Å². The smallest absolute Gasteiger partial charge is 0.266 e. The van der Waals surface area contributed by atoms with E-state index in [1.165, 1.54) is 4.90 Å². The Bertz CT molecular complexity index is 1210. The molecule has 3 nitrogen and oxygen atoms in total. The topological polar surface area (TPSA) is 37.4 Å². The normalized spacial score (nSPS) is 13.7. The molecule has 4 aromatic carbocycles. The highest BCUT2D eigenvalue weighted by Crippen LogP contribution is 2.36. The van der Waals surface area contributed by atoms with Crippen LogP contribution in [0.15, 0.2) is 77.3 Å². The highest BCUT2D eigenvalue weighted by atomic mass is 79.9. The molecule has 0 saturated heterocycles. The number of anilines is 1. The van der Waals surface area contributed by atoms with Gasteiger partial charge in [0.05, 0.1) is 16.8 Å². The zero-order chi connectivity index (χ0) is 17.8. The monoisotopic (exact) mass is 401 g/mol. The van der Waals surface area contributed by atoms with E-state index in [9.17, 15) is 9.59 Å². The zero-order valence-electron chi connectivity index (χ0n) is 13.6. The summed E-state index contributed by atoms with van der Waals surface area (Å²) in [6.45, 7) is 0. The number of carbonyl (C=O) groups is 2. The van der Waals surface area contributed by atoms with E-state index >= 15 is 0 Å². The second-order valence-corrected chi connectivity index (χ2v) is 7.16. The van der Waals surface area contributed by atoms with E-state index in [4.69, 9.17) is 0 Å². The zero-order valence-corrected chi connectivity index (χ0v) is 15.2. The Kier molecular flexibility index (Phi) is 3.24. The highest BCUT2D eigenvalue weighted by Gasteiger charge is 2.36. The van der Waals surface area contributed by atoms with Gasteiger partial charge in [-0.15, -0.1) is 0 Å². The van der Waals surface area contributed by atoms with Crippen molar-refractivity contribution >= 4 is 55.0 Å². The van der Waals surface area contributed by atoms with Crippen LogP contribution < -0.4 is 4.90 Å². The van der Waals surface area contributed by atoms with Crippen LogP contribution in [0.4, 0.5) is 5.69 Å². The molecule has 0 spiro atoms. The van der Waals surface area contributed by atoms with Gasteiger partial charge in [-0.25, -0.2) is 4.90 Å². The van der Waals surface area contributed by atoms with Gasteiger partial charge in [0, 0.05) is 4.47 Å². The van der Waals surface area contributed by atoms with E-state index in [0.717, 1.165) is 26.0 Å². The fourth-order valence-electron chi connectivity index (χ4n) is 3.61. The molecule has 0 N–H and O–H groups in total. The minimum absolute atomic E-state index is 0.272. The summed E-state index contributed by atoms with van der Waals surface area (Å²) in [4.78, 5) is 26.8. The quantitative estimate of drug-likeness (QED) is 0.309. The van der Waals surface area contributed by atoms with Crippen molar-refractivity contribution in [3.05, 3.63) is 88.4 Å². The summed E-state index contributed by atoms with van der Waals surface area (Å²) >= 11 is 3.62. The van der Waals surface area contributed by atoms with Crippen molar-refractivity contribution in [2.45, 2.75) is 0 Å². The lowest BCUT2D eigenvalue weighted by Gasteiger charge is -2.15. The van der Waals surface area contributed by atoms with Crippen LogP contribution in [0.25, 0.3) is 21.5 Å². The van der Waals surface area contributed by atoms with E-state index in [1.54, 1.807) is 24.3 Å². The minimum Gasteiger partial charge on any atom is -0.268 e. The lowest BCUT2D eigenvalue weighted by Crippen LogP contribution is -2.29. The summed E-state index contributed by atoms with van der Waals surface area (Å²) in [5.74, 6) is -0.544. The minimum atomic E-state index is -0.272. The van der Waals surface area contributed by atoms with E-state index in [0.29, 0.717) is 16.8 Å². The van der Waals surface area contributed by atoms with Gasteiger partial charge >= 0.3 is 0 Å². The molecule has 0 aromatic heterocycles. The van der Waals surface area contributed by atoms with Gasteiger partial charge in [0.25, 0.3) is 11.8 Å². The second kappa shape index (κ2) is 5.51.